The van der Waals surface area contributed by atoms with Crippen molar-refractivity contribution in [2.75, 3.05) is 5.75 Å². The zero-order valence-corrected chi connectivity index (χ0v) is 13.6. The molecule has 0 fully saturated rings. The summed E-state index contributed by atoms with van der Waals surface area (Å²) in [5.74, 6) is 0.667. The van der Waals surface area contributed by atoms with Crippen LogP contribution in [0, 0.1) is 0 Å². The molecule has 1 aliphatic heterocycles. The van der Waals surface area contributed by atoms with Gasteiger partial charge in [-0.05, 0) is 43.2 Å². The van der Waals surface area contributed by atoms with E-state index in [1.807, 2.05) is 18.2 Å². The van der Waals surface area contributed by atoms with Crippen LogP contribution in [0.1, 0.15) is 45.8 Å². The van der Waals surface area contributed by atoms with Crippen molar-refractivity contribution in [3.8, 4) is 0 Å². The van der Waals surface area contributed by atoms with E-state index in [0.717, 1.165) is 22.6 Å². The molecule has 0 saturated carbocycles. The van der Waals surface area contributed by atoms with Crippen molar-refractivity contribution >= 4 is 35.1 Å². The van der Waals surface area contributed by atoms with Gasteiger partial charge in [-0.2, -0.15) is 0 Å². The Morgan fingerprint density at radius 3 is 2.91 bits per heavy atom. The van der Waals surface area contributed by atoms with E-state index in [-0.39, 0.29) is 17.7 Å². The molecule has 2 aromatic rings. The fraction of sp³-hybridized carbons (Fsp3) is 0.250. The Bertz CT molecular complexity index is 741. The maximum Gasteiger partial charge on any atom is 0.268 e. The summed E-state index contributed by atoms with van der Waals surface area (Å²) in [6.07, 6.45) is 2.41. The summed E-state index contributed by atoms with van der Waals surface area (Å²) >= 11 is 7.84. The van der Waals surface area contributed by atoms with E-state index in [0.29, 0.717) is 16.3 Å². The average molecular weight is 335 g/mol. The van der Waals surface area contributed by atoms with E-state index in [9.17, 15) is 9.59 Å². The molecule has 3 rings (SSSR count). The van der Waals surface area contributed by atoms with Crippen molar-refractivity contribution in [3.05, 3.63) is 52.3 Å². The van der Waals surface area contributed by atoms with Crippen LogP contribution in [0.4, 0.5) is 0 Å². The lowest BCUT2D eigenvalue weighted by atomic mass is 10.0. The first kappa shape index (κ1) is 15.2. The van der Waals surface area contributed by atoms with E-state index in [2.05, 4.69) is 10.3 Å². The first-order chi connectivity index (χ1) is 10.5. The number of ketones is 1. The predicted molar refractivity (Wildman–Crippen MR) is 87.8 cm³/mol. The Morgan fingerprint density at radius 2 is 2.18 bits per heavy atom. The van der Waals surface area contributed by atoms with Gasteiger partial charge >= 0.3 is 0 Å². The first-order valence-electron chi connectivity index (χ1n) is 6.97. The number of benzene rings is 1. The molecule has 1 aliphatic rings. The summed E-state index contributed by atoms with van der Waals surface area (Å²) in [6, 6.07) is 7.27. The van der Waals surface area contributed by atoms with Gasteiger partial charge in [0.2, 0.25) is 0 Å². The number of H-pyrrole nitrogens is 1. The van der Waals surface area contributed by atoms with Gasteiger partial charge in [0, 0.05) is 27.4 Å². The Labute approximate surface area is 137 Å². The van der Waals surface area contributed by atoms with Crippen LogP contribution in [0.15, 0.2) is 35.4 Å². The molecule has 6 heteroatoms. The zero-order chi connectivity index (χ0) is 15.7. The van der Waals surface area contributed by atoms with Gasteiger partial charge in [0.05, 0.1) is 6.04 Å². The van der Waals surface area contributed by atoms with Crippen molar-refractivity contribution in [1.82, 2.24) is 10.3 Å². The molecule has 0 bridgehead atoms. The SMILES string of the molecule is CC(=O)c1c[nH]c(C(=O)N[C@@H]2CCSc3ccc(Cl)cc32)c1. The maximum absolute atomic E-state index is 12.4. The number of nitrogens with one attached hydrogen (secondary N) is 2. The number of fused-ring (bicyclic) bond motifs is 1. The number of carbonyl (C=O) groups is 2. The molecular formula is C16H15ClN2O2S. The van der Waals surface area contributed by atoms with Crippen LogP contribution in [-0.4, -0.2) is 22.4 Å². The molecule has 4 nitrogen and oxygen atoms in total. The molecule has 0 spiro atoms. The van der Waals surface area contributed by atoms with Crippen LogP contribution in [0.3, 0.4) is 0 Å². The molecule has 1 atom stereocenters. The Kier molecular flexibility index (Phi) is 4.27. The second-order valence-electron chi connectivity index (χ2n) is 5.20. The number of hydrogen-bond acceptors (Lipinski definition) is 3. The van der Waals surface area contributed by atoms with Crippen LogP contribution < -0.4 is 5.32 Å². The third kappa shape index (κ3) is 3.05. The third-order valence-electron chi connectivity index (χ3n) is 3.65. The van der Waals surface area contributed by atoms with E-state index >= 15 is 0 Å². The summed E-state index contributed by atoms with van der Waals surface area (Å²) in [5, 5.41) is 3.68. The van der Waals surface area contributed by atoms with Crippen LogP contribution >= 0.6 is 23.4 Å². The van der Waals surface area contributed by atoms with Gasteiger partial charge in [0.15, 0.2) is 5.78 Å². The van der Waals surface area contributed by atoms with Crippen LogP contribution in [0.25, 0.3) is 0 Å². The van der Waals surface area contributed by atoms with E-state index in [1.54, 1.807) is 24.0 Å². The summed E-state index contributed by atoms with van der Waals surface area (Å²) in [4.78, 5) is 27.7. The Hall–Kier alpha value is -1.72. The maximum atomic E-state index is 12.4. The highest BCUT2D eigenvalue weighted by Crippen LogP contribution is 2.37. The highest BCUT2D eigenvalue weighted by Gasteiger charge is 2.23. The number of thioether (sulfide) groups is 1. The lowest BCUT2D eigenvalue weighted by molar-refractivity contribution is 0.0930. The topological polar surface area (TPSA) is 62.0 Å². The van der Waals surface area contributed by atoms with E-state index in [1.165, 1.54) is 6.92 Å². The van der Waals surface area contributed by atoms with E-state index < -0.39 is 0 Å². The quantitative estimate of drug-likeness (QED) is 0.838. The van der Waals surface area contributed by atoms with Gasteiger partial charge in [0.25, 0.3) is 5.91 Å². The minimum absolute atomic E-state index is 0.0634. The number of rotatable bonds is 3. The fourth-order valence-corrected chi connectivity index (χ4v) is 3.77. The van der Waals surface area contributed by atoms with Gasteiger partial charge in [-0.25, -0.2) is 0 Å². The molecule has 1 amide bonds. The summed E-state index contributed by atoms with van der Waals surface area (Å²) in [5.41, 5.74) is 1.95. The van der Waals surface area contributed by atoms with Gasteiger partial charge in [-0.1, -0.05) is 11.6 Å². The predicted octanol–water partition coefficient (Wildman–Crippen LogP) is 3.84. The minimum Gasteiger partial charge on any atom is -0.356 e. The van der Waals surface area contributed by atoms with Crippen LogP contribution in [0.2, 0.25) is 5.02 Å². The zero-order valence-electron chi connectivity index (χ0n) is 12.0. The monoisotopic (exact) mass is 334 g/mol. The second kappa shape index (κ2) is 6.18. The highest BCUT2D eigenvalue weighted by atomic mass is 35.5. The third-order valence-corrected chi connectivity index (χ3v) is 5.01. The van der Waals surface area contributed by atoms with Crippen LogP contribution in [-0.2, 0) is 0 Å². The van der Waals surface area contributed by atoms with Crippen LogP contribution in [0.5, 0.6) is 0 Å². The molecule has 1 aromatic heterocycles. The van der Waals surface area contributed by atoms with E-state index in [4.69, 9.17) is 11.6 Å². The number of halogens is 1. The number of carbonyl (C=O) groups excluding carboxylic acids is 2. The normalized spacial score (nSPS) is 16.9. The molecule has 1 aromatic carbocycles. The van der Waals surface area contributed by atoms with Gasteiger partial charge in [-0.15, -0.1) is 11.8 Å². The highest BCUT2D eigenvalue weighted by molar-refractivity contribution is 7.99. The molecular weight excluding hydrogens is 320 g/mol. The molecule has 2 heterocycles. The van der Waals surface area contributed by atoms with Gasteiger partial charge in [0.1, 0.15) is 5.69 Å². The Morgan fingerprint density at radius 1 is 1.36 bits per heavy atom. The number of hydrogen-bond donors (Lipinski definition) is 2. The molecule has 0 saturated heterocycles. The largest absolute Gasteiger partial charge is 0.356 e. The minimum atomic E-state index is -0.213. The number of amides is 1. The molecule has 0 unspecified atom stereocenters. The first-order valence-corrected chi connectivity index (χ1v) is 8.33. The lowest BCUT2D eigenvalue weighted by Gasteiger charge is -2.26. The number of aromatic nitrogens is 1. The molecule has 2 N–H and O–H groups in total. The summed E-state index contributed by atoms with van der Waals surface area (Å²) < 4.78 is 0. The average Bonchev–Trinajstić information content (AvgIpc) is 2.98. The van der Waals surface area contributed by atoms with Gasteiger partial charge < -0.3 is 10.3 Å². The van der Waals surface area contributed by atoms with Crippen molar-refractivity contribution in [2.24, 2.45) is 0 Å². The fourth-order valence-electron chi connectivity index (χ4n) is 2.48. The van der Waals surface area contributed by atoms with Gasteiger partial charge in [-0.3, -0.25) is 9.59 Å². The second-order valence-corrected chi connectivity index (χ2v) is 6.78. The molecule has 0 aliphatic carbocycles. The van der Waals surface area contributed by atoms with Crippen molar-refractivity contribution in [1.29, 1.82) is 0 Å². The number of aromatic amines is 1. The smallest absolute Gasteiger partial charge is 0.268 e. The molecule has 0 radical (unpaired) electrons. The summed E-state index contributed by atoms with van der Waals surface area (Å²) in [7, 11) is 0. The lowest BCUT2D eigenvalue weighted by Crippen LogP contribution is -2.30. The standard InChI is InChI=1S/C16H15ClN2O2S/c1-9(20)10-6-14(18-8-10)16(21)19-13-4-5-22-15-3-2-11(17)7-12(13)15/h2-3,6-8,13,18H,4-5H2,1H3,(H,19,21)/t13-/m1/s1. The Balaban J connectivity index is 1.80. The summed E-state index contributed by atoms with van der Waals surface area (Å²) in [6.45, 7) is 1.47. The van der Waals surface area contributed by atoms with Crippen molar-refractivity contribution < 1.29 is 9.59 Å². The molecule has 114 valence electrons. The van der Waals surface area contributed by atoms with Crippen molar-refractivity contribution in [3.63, 3.8) is 0 Å². The number of Topliss-reactive ketones (excluding diaryl/α,β-unsaturated/α-hetero) is 1. The van der Waals surface area contributed by atoms with Crippen molar-refractivity contribution in [2.45, 2.75) is 24.3 Å². The molecule has 22 heavy (non-hydrogen) atoms.